The van der Waals surface area contributed by atoms with Crippen LogP contribution in [0, 0.1) is 6.92 Å². The van der Waals surface area contributed by atoms with E-state index in [0.29, 0.717) is 32.6 Å². The number of anilines is 1. The Hall–Kier alpha value is -3.13. The molecule has 6 nitrogen and oxygen atoms in total. The number of ketones is 1. The van der Waals surface area contributed by atoms with E-state index in [9.17, 15) is 9.59 Å². The first-order valence-corrected chi connectivity index (χ1v) is 10.6. The van der Waals surface area contributed by atoms with E-state index >= 15 is 0 Å². The number of hydrazine groups is 1. The molecule has 0 saturated carbocycles. The van der Waals surface area contributed by atoms with Gasteiger partial charge in [-0.15, -0.1) is 0 Å². The topological polar surface area (TPSA) is 79.5 Å². The van der Waals surface area contributed by atoms with Crippen molar-refractivity contribution in [1.82, 2.24) is 10.9 Å². The maximum Gasteiger partial charge on any atom is 0.276 e. The Labute approximate surface area is 200 Å². The average Bonchev–Trinajstić information content (AvgIpc) is 2.78. The van der Waals surface area contributed by atoms with Crippen LogP contribution in [0.3, 0.4) is 0 Å². The molecule has 3 N–H and O–H groups in total. The maximum absolute atomic E-state index is 12.6. The summed E-state index contributed by atoms with van der Waals surface area (Å²) in [6.45, 7) is 1.55. The highest BCUT2D eigenvalue weighted by atomic mass is 35.5. The molecule has 0 atom stereocenters. The fraction of sp³-hybridized carbons (Fsp3) is 0.0870. The molecule has 3 rings (SSSR count). The van der Waals surface area contributed by atoms with E-state index in [1.165, 1.54) is 0 Å². The molecule has 0 aromatic heterocycles. The third-order valence-electron chi connectivity index (χ3n) is 4.32. The van der Waals surface area contributed by atoms with Gasteiger partial charge in [0, 0.05) is 16.1 Å². The molecule has 0 aliphatic rings. The molecule has 0 aliphatic carbocycles. The summed E-state index contributed by atoms with van der Waals surface area (Å²) in [4.78, 5) is 24.7. The molecule has 0 fully saturated rings. The number of amides is 1. The molecule has 0 spiro atoms. The molecular formula is C23H19Cl2N3O3S. The summed E-state index contributed by atoms with van der Waals surface area (Å²) in [6, 6.07) is 18.8. The van der Waals surface area contributed by atoms with E-state index in [-0.39, 0.29) is 17.5 Å². The molecule has 0 unspecified atom stereocenters. The Bertz CT molecular complexity index is 1170. The Balaban J connectivity index is 1.51. The van der Waals surface area contributed by atoms with Crippen LogP contribution in [0.4, 0.5) is 5.69 Å². The zero-order valence-electron chi connectivity index (χ0n) is 16.9. The fourth-order valence-corrected chi connectivity index (χ4v) is 3.31. The first-order chi connectivity index (χ1) is 15.3. The van der Waals surface area contributed by atoms with E-state index in [1.807, 2.05) is 0 Å². The van der Waals surface area contributed by atoms with Crippen LogP contribution in [0.2, 0.25) is 10.0 Å². The highest BCUT2D eigenvalue weighted by molar-refractivity contribution is 7.80. The summed E-state index contributed by atoms with van der Waals surface area (Å²) in [5.41, 5.74) is 7.35. The van der Waals surface area contributed by atoms with Crippen LogP contribution < -0.4 is 20.9 Å². The van der Waals surface area contributed by atoms with Crippen molar-refractivity contribution < 1.29 is 14.3 Å². The van der Waals surface area contributed by atoms with Gasteiger partial charge < -0.3 is 10.1 Å². The second-order valence-electron chi connectivity index (χ2n) is 6.72. The highest BCUT2D eigenvalue weighted by Crippen LogP contribution is 2.22. The maximum atomic E-state index is 12.6. The van der Waals surface area contributed by atoms with Gasteiger partial charge in [0.1, 0.15) is 5.75 Å². The Morgan fingerprint density at radius 1 is 0.938 bits per heavy atom. The molecule has 0 heterocycles. The Morgan fingerprint density at radius 2 is 1.69 bits per heavy atom. The predicted octanol–water partition coefficient (Wildman–Crippen LogP) is 4.93. The number of halogens is 2. The molecule has 0 radical (unpaired) electrons. The van der Waals surface area contributed by atoms with Crippen molar-refractivity contribution in [3.63, 3.8) is 0 Å². The van der Waals surface area contributed by atoms with E-state index in [1.54, 1.807) is 73.7 Å². The van der Waals surface area contributed by atoms with Gasteiger partial charge in [0.05, 0.1) is 10.7 Å². The SMILES string of the molecule is Cc1cc(C(=O)c2cccc(Cl)c2)ccc1OCC(=O)NNC(=S)Nc1ccccc1Cl. The van der Waals surface area contributed by atoms with Crippen LogP contribution in [0.25, 0.3) is 0 Å². The molecule has 32 heavy (non-hydrogen) atoms. The molecule has 164 valence electrons. The number of carbonyl (C=O) groups is 2. The number of ether oxygens (including phenoxy) is 1. The zero-order chi connectivity index (χ0) is 23.1. The van der Waals surface area contributed by atoms with E-state index in [4.69, 9.17) is 40.2 Å². The summed E-state index contributed by atoms with van der Waals surface area (Å²) < 4.78 is 5.56. The van der Waals surface area contributed by atoms with Gasteiger partial charge in [-0.25, -0.2) is 0 Å². The van der Waals surface area contributed by atoms with Gasteiger partial charge in [0.2, 0.25) is 0 Å². The summed E-state index contributed by atoms with van der Waals surface area (Å²) >= 11 is 17.1. The minimum absolute atomic E-state index is 0.149. The van der Waals surface area contributed by atoms with Crippen molar-refractivity contribution in [3.05, 3.63) is 93.5 Å². The highest BCUT2D eigenvalue weighted by Gasteiger charge is 2.12. The lowest BCUT2D eigenvalue weighted by Gasteiger charge is -2.13. The lowest BCUT2D eigenvalue weighted by atomic mass is 10.0. The van der Waals surface area contributed by atoms with Gasteiger partial charge in [0.25, 0.3) is 5.91 Å². The third kappa shape index (κ3) is 6.43. The second kappa shape index (κ2) is 10.9. The first-order valence-electron chi connectivity index (χ1n) is 9.47. The van der Waals surface area contributed by atoms with Crippen LogP contribution in [0.1, 0.15) is 21.5 Å². The number of rotatable bonds is 6. The zero-order valence-corrected chi connectivity index (χ0v) is 19.3. The Kier molecular flexibility index (Phi) is 8.05. The van der Waals surface area contributed by atoms with Crippen molar-refractivity contribution in [1.29, 1.82) is 0 Å². The Morgan fingerprint density at radius 3 is 2.41 bits per heavy atom. The summed E-state index contributed by atoms with van der Waals surface area (Å²) in [5, 5.41) is 4.04. The van der Waals surface area contributed by atoms with Crippen molar-refractivity contribution in [2.45, 2.75) is 6.92 Å². The molecule has 0 saturated heterocycles. The summed E-state index contributed by atoms with van der Waals surface area (Å²) in [7, 11) is 0. The molecule has 0 bridgehead atoms. The number of thiocarbonyl (C=S) groups is 1. The largest absolute Gasteiger partial charge is 0.483 e. The second-order valence-corrected chi connectivity index (χ2v) is 7.97. The van der Waals surface area contributed by atoms with Crippen LogP contribution in [0.15, 0.2) is 66.7 Å². The number of nitrogens with one attached hydrogen (secondary N) is 3. The first kappa shape index (κ1) is 23.5. The molecule has 3 aromatic carbocycles. The van der Waals surface area contributed by atoms with Gasteiger partial charge in [0.15, 0.2) is 17.5 Å². The van der Waals surface area contributed by atoms with Gasteiger partial charge in [-0.3, -0.25) is 20.4 Å². The number of hydrogen-bond donors (Lipinski definition) is 3. The smallest absolute Gasteiger partial charge is 0.276 e. The molecule has 9 heteroatoms. The average molecular weight is 488 g/mol. The van der Waals surface area contributed by atoms with Crippen LogP contribution in [0.5, 0.6) is 5.75 Å². The van der Waals surface area contributed by atoms with Crippen LogP contribution >= 0.6 is 35.4 Å². The summed E-state index contributed by atoms with van der Waals surface area (Å²) in [5.74, 6) is -0.102. The van der Waals surface area contributed by atoms with Crippen molar-refractivity contribution in [2.24, 2.45) is 0 Å². The van der Waals surface area contributed by atoms with E-state index in [2.05, 4.69) is 16.2 Å². The molecule has 1 amide bonds. The minimum Gasteiger partial charge on any atom is -0.483 e. The number of para-hydroxylation sites is 1. The fourth-order valence-electron chi connectivity index (χ4n) is 2.77. The lowest BCUT2D eigenvalue weighted by molar-refractivity contribution is -0.123. The minimum atomic E-state index is -0.438. The normalized spacial score (nSPS) is 10.2. The number of carbonyl (C=O) groups excluding carboxylic acids is 2. The number of aryl methyl sites for hydroxylation is 1. The van der Waals surface area contributed by atoms with Gasteiger partial charge in [-0.2, -0.15) is 0 Å². The number of benzene rings is 3. The van der Waals surface area contributed by atoms with Gasteiger partial charge >= 0.3 is 0 Å². The lowest BCUT2D eigenvalue weighted by Crippen LogP contribution is -2.45. The van der Waals surface area contributed by atoms with Crippen molar-refractivity contribution in [3.8, 4) is 5.75 Å². The number of hydrogen-bond acceptors (Lipinski definition) is 4. The van der Waals surface area contributed by atoms with Crippen molar-refractivity contribution in [2.75, 3.05) is 11.9 Å². The van der Waals surface area contributed by atoms with Crippen LogP contribution in [-0.2, 0) is 4.79 Å². The van der Waals surface area contributed by atoms with Gasteiger partial charge in [-0.05, 0) is 67.2 Å². The summed E-state index contributed by atoms with van der Waals surface area (Å²) in [6.07, 6.45) is 0. The van der Waals surface area contributed by atoms with Crippen molar-refractivity contribution >= 4 is 57.9 Å². The third-order valence-corrected chi connectivity index (χ3v) is 5.09. The van der Waals surface area contributed by atoms with E-state index in [0.717, 1.165) is 5.56 Å². The molecule has 0 aliphatic heterocycles. The quantitative estimate of drug-likeness (QED) is 0.260. The van der Waals surface area contributed by atoms with Crippen LogP contribution in [-0.4, -0.2) is 23.4 Å². The van der Waals surface area contributed by atoms with Gasteiger partial charge in [-0.1, -0.05) is 47.5 Å². The molecule has 3 aromatic rings. The molecular weight excluding hydrogens is 469 g/mol. The predicted molar refractivity (Wildman–Crippen MR) is 131 cm³/mol. The monoisotopic (exact) mass is 487 g/mol. The van der Waals surface area contributed by atoms with E-state index < -0.39 is 5.91 Å². The standard InChI is InChI=1S/C23H19Cl2N3O3S/c1-14-11-16(22(30)15-5-4-6-17(24)12-15)9-10-20(14)31-13-21(29)27-28-23(32)26-19-8-3-2-7-18(19)25/h2-12H,13H2,1H3,(H,27,29)(H2,26,28,32).